The van der Waals surface area contributed by atoms with Gasteiger partial charge in [0.15, 0.2) is 27.8 Å². The van der Waals surface area contributed by atoms with Gasteiger partial charge in [-0.25, -0.2) is 9.79 Å². The van der Waals surface area contributed by atoms with Crippen LogP contribution < -0.4 is 25.6 Å². The van der Waals surface area contributed by atoms with Crippen molar-refractivity contribution in [3.63, 3.8) is 0 Å². The van der Waals surface area contributed by atoms with E-state index in [9.17, 15) is 14.4 Å². The van der Waals surface area contributed by atoms with E-state index in [1.165, 1.54) is 35.1 Å². The van der Waals surface area contributed by atoms with Crippen LogP contribution in [0.2, 0.25) is 0 Å². The van der Waals surface area contributed by atoms with E-state index in [4.69, 9.17) is 14.5 Å². The molecule has 2 aromatic heterocycles. The minimum absolute atomic E-state index is 0.111. The normalized spacial score (nSPS) is 15.1. The molecule has 0 spiro atoms. The Morgan fingerprint density at radius 1 is 0.844 bits per heavy atom. The molecule has 3 heterocycles. The van der Waals surface area contributed by atoms with Crippen LogP contribution in [0.5, 0.6) is 17.5 Å². The average molecular weight is 623 g/mol. The third kappa shape index (κ3) is 5.22. The van der Waals surface area contributed by atoms with E-state index < -0.39 is 11.2 Å². The molecule has 1 fully saturated rings. The SMILES string of the molecule is COc1cc(/C=C2\SC(=Nc3c(C)cccc3C)N(c3ccccc3)C2=O)ccc1Oc1nc2c(c(=O)n(C)c(=O)n2C)n1C. The standard InChI is InChI=1S/C33H30N6O5S/c1-19-11-10-12-20(2)26(19)34-32-39(22-13-8-7-9-14-22)29(40)25(45-32)18-21-15-16-23(24(17-21)43-6)44-31-35-28-27(36(31)3)30(41)38(5)33(42)37(28)4/h7-18H,1-6H3/b25-18-,34-32?. The molecule has 0 saturated carbocycles. The van der Waals surface area contributed by atoms with Crippen molar-refractivity contribution in [2.24, 2.45) is 26.1 Å². The number of amides is 1. The van der Waals surface area contributed by atoms with E-state index in [1.54, 1.807) is 43.3 Å². The Morgan fingerprint density at radius 2 is 1.56 bits per heavy atom. The van der Waals surface area contributed by atoms with Crippen LogP contribution in [0.1, 0.15) is 16.7 Å². The predicted molar refractivity (Wildman–Crippen MR) is 177 cm³/mol. The maximum absolute atomic E-state index is 13.8. The Morgan fingerprint density at radius 3 is 2.24 bits per heavy atom. The molecule has 0 bridgehead atoms. The first-order chi connectivity index (χ1) is 21.6. The smallest absolute Gasteiger partial charge is 0.332 e. The third-order valence-corrected chi connectivity index (χ3v) is 8.56. The highest BCUT2D eigenvalue weighted by Crippen LogP contribution is 2.39. The minimum atomic E-state index is -0.487. The zero-order chi connectivity index (χ0) is 32.0. The summed E-state index contributed by atoms with van der Waals surface area (Å²) in [5.74, 6) is 0.536. The van der Waals surface area contributed by atoms with Crippen molar-refractivity contribution in [3.8, 4) is 17.5 Å². The molecule has 1 saturated heterocycles. The summed E-state index contributed by atoms with van der Waals surface area (Å²) in [7, 11) is 6.11. The van der Waals surface area contributed by atoms with Gasteiger partial charge in [-0.1, -0.05) is 42.5 Å². The van der Waals surface area contributed by atoms with Crippen molar-refractivity contribution < 1.29 is 14.3 Å². The maximum atomic E-state index is 13.8. The van der Waals surface area contributed by atoms with Gasteiger partial charge >= 0.3 is 11.7 Å². The zero-order valence-electron chi connectivity index (χ0n) is 25.6. The van der Waals surface area contributed by atoms with Gasteiger partial charge in [0, 0.05) is 21.1 Å². The molecule has 228 valence electrons. The molecule has 1 amide bonds. The van der Waals surface area contributed by atoms with Crippen molar-refractivity contribution in [1.29, 1.82) is 0 Å². The fourth-order valence-corrected chi connectivity index (χ4v) is 6.12. The van der Waals surface area contributed by atoms with Crippen LogP contribution in [0.25, 0.3) is 17.2 Å². The van der Waals surface area contributed by atoms with E-state index >= 15 is 0 Å². The Balaban J connectivity index is 1.36. The molecule has 1 aliphatic heterocycles. The molecule has 6 rings (SSSR count). The maximum Gasteiger partial charge on any atom is 0.332 e. The summed E-state index contributed by atoms with van der Waals surface area (Å²) in [6, 6.07) is 20.8. The van der Waals surface area contributed by atoms with Crippen molar-refractivity contribution in [1.82, 2.24) is 18.7 Å². The first kappa shape index (κ1) is 29.7. The second-order valence-corrected chi connectivity index (χ2v) is 11.6. The highest BCUT2D eigenvalue weighted by atomic mass is 32.2. The monoisotopic (exact) mass is 622 g/mol. The predicted octanol–water partition coefficient (Wildman–Crippen LogP) is 5.20. The number of methoxy groups -OCH3 is 1. The highest BCUT2D eigenvalue weighted by Gasteiger charge is 2.35. The molecule has 11 nitrogen and oxygen atoms in total. The molecule has 0 radical (unpaired) electrons. The van der Waals surface area contributed by atoms with E-state index in [2.05, 4.69) is 4.98 Å². The van der Waals surface area contributed by atoms with Crippen molar-refractivity contribution in [2.75, 3.05) is 12.0 Å². The Kier molecular flexibility index (Phi) is 7.67. The number of anilines is 1. The van der Waals surface area contributed by atoms with Crippen LogP contribution in [0, 0.1) is 13.8 Å². The van der Waals surface area contributed by atoms with Crippen molar-refractivity contribution in [3.05, 3.63) is 109 Å². The topological polar surface area (TPSA) is 113 Å². The van der Waals surface area contributed by atoms with Gasteiger partial charge < -0.3 is 9.47 Å². The Hall–Kier alpha value is -5.36. The van der Waals surface area contributed by atoms with Gasteiger partial charge in [0.05, 0.1) is 23.4 Å². The number of hydrogen-bond acceptors (Lipinski definition) is 8. The van der Waals surface area contributed by atoms with E-state index in [-0.39, 0.29) is 23.1 Å². The number of aliphatic imine (C=N–C) groups is 1. The number of aromatic nitrogens is 4. The number of nitrogens with zero attached hydrogens (tertiary/aromatic N) is 6. The van der Waals surface area contributed by atoms with Gasteiger partial charge in [0.1, 0.15) is 0 Å². The summed E-state index contributed by atoms with van der Waals surface area (Å²) >= 11 is 1.30. The number of ether oxygens (including phenoxy) is 2. The van der Waals surface area contributed by atoms with E-state index in [0.717, 1.165) is 27.1 Å². The molecule has 12 heteroatoms. The van der Waals surface area contributed by atoms with Crippen LogP contribution in [0.15, 0.2) is 86.2 Å². The molecule has 0 unspecified atom stereocenters. The average Bonchev–Trinajstić information content (AvgIpc) is 3.53. The molecule has 45 heavy (non-hydrogen) atoms. The second kappa shape index (κ2) is 11.6. The zero-order valence-corrected chi connectivity index (χ0v) is 26.4. The van der Waals surface area contributed by atoms with Gasteiger partial charge in [0.25, 0.3) is 11.5 Å². The van der Waals surface area contributed by atoms with E-state index in [1.807, 2.05) is 62.4 Å². The summed E-state index contributed by atoms with van der Waals surface area (Å²) in [5, 5.41) is 0.559. The lowest BCUT2D eigenvalue weighted by molar-refractivity contribution is -0.113. The van der Waals surface area contributed by atoms with Gasteiger partial charge in [-0.3, -0.25) is 28.2 Å². The second-order valence-electron chi connectivity index (χ2n) is 10.6. The number of carbonyl (C=O) groups excluding carboxylic acids is 1. The lowest BCUT2D eigenvalue weighted by Gasteiger charge is -2.16. The largest absolute Gasteiger partial charge is 0.493 e. The molecule has 0 atom stereocenters. The summed E-state index contributed by atoms with van der Waals surface area (Å²) in [4.78, 5) is 50.5. The van der Waals surface area contributed by atoms with Crippen LogP contribution >= 0.6 is 11.8 Å². The van der Waals surface area contributed by atoms with E-state index in [0.29, 0.717) is 27.1 Å². The number of amidine groups is 1. The first-order valence-corrected chi connectivity index (χ1v) is 14.8. The van der Waals surface area contributed by atoms with Crippen LogP contribution in [-0.4, -0.2) is 36.9 Å². The first-order valence-electron chi connectivity index (χ1n) is 14.0. The number of aryl methyl sites for hydroxylation is 4. The summed E-state index contributed by atoms with van der Waals surface area (Å²) in [5.41, 5.74) is 3.77. The lowest BCUT2D eigenvalue weighted by atomic mass is 10.1. The number of rotatable bonds is 6. The number of carbonyl (C=O) groups is 1. The molecule has 0 aliphatic carbocycles. The number of hydrogen-bond donors (Lipinski definition) is 0. The molecule has 5 aromatic rings. The molecule has 0 N–H and O–H groups in total. The molecule has 1 aliphatic rings. The van der Waals surface area contributed by atoms with Crippen LogP contribution in [-0.2, 0) is 25.9 Å². The molecular formula is C33H30N6O5S. The quantitative estimate of drug-likeness (QED) is 0.239. The fourth-order valence-electron chi connectivity index (χ4n) is 5.13. The van der Waals surface area contributed by atoms with Gasteiger partial charge in [-0.15, -0.1) is 0 Å². The fraction of sp³-hybridized carbons (Fsp3) is 0.182. The number of benzene rings is 3. The van der Waals surface area contributed by atoms with Gasteiger partial charge in [-0.2, -0.15) is 4.98 Å². The van der Waals surface area contributed by atoms with Crippen LogP contribution in [0.4, 0.5) is 11.4 Å². The Labute approximate surface area is 262 Å². The molecular weight excluding hydrogens is 592 g/mol. The van der Waals surface area contributed by atoms with Gasteiger partial charge in [-0.05, 0) is 72.6 Å². The third-order valence-electron chi connectivity index (χ3n) is 7.59. The summed E-state index contributed by atoms with van der Waals surface area (Å²) in [6.07, 6.45) is 1.79. The summed E-state index contributed by atoms with van der Waals surface area (Å²) < 4.78 is 15.5. The highest BCUT2D eigenvalue weighted by molar-refractivity contribution is 8.19. The van der Waals surface area contributed by atoms with Crippen LogP contribution in [0.3, 0.4) is 0 Å². The lowest BCUT2D eigenvalue weighted by Crippen LogP contribution is -2.37. The minimum Gasteiger partial charge on any atom is -0.493 e. The molecule has 3 aromatic carbocycles. The number of fused-ring (bicyclic) bond motifs is 1. The van der Waals surface area contributed by atoms with Gasteiger partial charge in [0.2, 0.25) is 0 Å². The Bertz CT molecular complexity index is 2160. The summed E-state index contributed by atoms with van der Waals surface area (Å²) in [6.45, 7) is 4.00. The number of imidazole rings is 1. The number of para-hydroxylation sites is 2. The van der Waals surface area contributed by atoms with Crippen molar-refractivity contribution in [2.45, 2.75) is 13.8 Å². The van der Waals surface area contributed by atoms with Crippen molar-refractivity contribution >= 4 is 51.5 Å². The number of thioether (sulfide) groups is 1.